The number of hydrogen-bond acceptors (Lipinski definition) is 2. The van der Waals surface area contributed by atoms with E-state index in [4.69, 9.17) is 0 Å². The Labute approximate surface area is 62.6 Å². The minimum absolute atomic E-state index is 0.273. The molecule has 0 saturated carbocycles. The SMILES string of the molecule is CCC[N-]S(=O)(=O)C(F)(F)F. The van der Waals surface area contributed by atoms with Gasteiger partial charge >= 0.3 is 5.51 Å². The van der Waals surface area contributed by atoms with Crippen LogP contribution >= 0.6 is 0 Å². The van der Waals surface area contributed by atoms with Gasteiger partial charge in [-0.3, -0.25) is 0 Å². The monoisotopic (exact) mass is 190 g/mol. The molecule has 0 bridgehead atoms. The van der Waals surface area contributed by atoms with E-state index in [2.05, 4.69) is 4.72 Å². The molecular formula is C4H7F3NO2S-. The third-order valence-corrected chi connectivity index (χ3v) is 1.88. The van der Waals surface area contributed by atoms with Crippen molar-refractivity contribution in [2.45, 2.75) is 18.9 Å². The molecule has 0 unspecified atom stereocenters. The molecule has 0 N–H and O–H groups in total. The second kappa shape index (κ2) is 3.40. The molecule has 0 aromatic heterocycles. The van der Waals surface area contributed by atoms with Gasteiger partial charge in [-0.05, 0) is 0 Å². The van der Waals surface area contributed by atoms with Crippen molar-refractivity contribution in [3.8, 4) is 0 Å². The highest BCUT2D eigenvalue weighted by Gasteiger charge is 2.38. The summed E-state index contributed by atoms with van der Waals surface area (Å²) in [5, 5.41) is 0. The van der Waals surface area contributed by atoms with Crippen molar-refractivity contribution in [3.05, 3.63) is 4.72 Å². The predicted octanol–water partition coefficient (Wildman–Crippen LogP) is 1.62. The first-order valence-corrected chi connectivity index (χ1v) is 4.25. The molecule has 0 aliphatic heterocycles. The highest BCUT2D eigenvalue weighted by molar-refractivity contribution is 7.94. The number of rotatable bonds is 3. The van der Waals surface area contributed by atoms with Gasteiger partial charge in [0, 0.05) is 0 Å². The highest BCUT2D eigenvalue weighted by atomic mass is 32.2. The summed E-state index contributed by atoms with van der Waals surface area (Å²) < 4.78 is 57.2. The van der Waals surface area contributed by atoms with Crippen LogP contribution in [-0.2, 0) is 10.0 Å². The van der Waals surface area contributed by atoms with Gasteiger partial charge in [0.25, 0.3) is 0 Å². The lowest BCUT2D eigenvalue weighted by Gasteiger charge is -2.20. The molecule has 3 nitrogen and oxygen atoms in total. The van der Waals surface area contributed by atoms with E-state index >= 15 is 0 Å². The van der Waals surface area contributed by atoms with Crippen molar-refractivity contribution >= 4 is 10.0 Å². The maximum absolute atomic E-state index is 11.5. The summed E-state index contributed by atoms with van der Waals surface area (Å²) in [5.74, 6) is 0. The third-order valence-electron chi connectivity index (χ3n) is 0.777. The molecule has 11 heavy (non-hydrogen) atoms. The molecule has 0 rings (SSSR count). The lowest BCUT2D eigenvalue weighted by molar-refractivity contribution is -0.0427. The lowest BCUT2D eigenvalue weighted by atomic mass is 10.5. The number of hydrogen-bond donors (Lipinski definition) is 0. The molecule has 0 heterocycles. The normalized spacial score (nSPS) is 13.5. The average Bonchev–Trinajstić information content (AvgIpc) is 1.81. The van der Waals surface area contributed by atoms with Gasteiger partial charge in [0.15, 0.2) is 10.0 Å². The Bertz CT molecular complexity index is 208. The van der Waals surface area contributed by atoms with Gasteiger partial charge < -0.3 is 4.72 Å². The topological polar surface area (TPSA) is 48.2 Å². The zero-order valence-electron chi connectivity index (χ0n) is 5.72. The fourth-order valence-corrected chi connectivity index (χ4v) is 0.854. The second-order valence-corrected chi connectivity index (χ2v) is 3.44. The maximum Gasteiger partial charge on any atom is 0.480 e. The first kappa shape index (κ1) is 10.7. The van der Waals surface area contributed by atoms with Crippen molar-refractivity contribution < 1.29 is 21.6 Å². The molecule has 0 spiro atoms. The summed E-state index contributed by atoms with van der Waals surface area (Å²) in [6.45, 7) is 1.22. The van der Waals surface area contributed by atoms with E-state index in [1.54, 1.807) is 0 Å². The van der Waals surface area contributed by atoms with Crippen LogP contribution in [0.3, 0.4) is 0 Å². The summed E-state index contributed by atoms with van der Waals surface area (Å²) in [4.78, 5) is 0. The van der Waals surface area contributed by atoms with E-state index in [0.29, 0.717) is 0 Å². The predicted molar refractivity (Wildman–Crippen MR) is 33.5 cm³/mol. The van der Waals surface area contributed by atoms with Crippen LogP contribution in [0.1, 0.15) is 13.3 Å². The van der Waals surface area contributed by atoms with Crippen LogP contribution < -0.4 is 0 Å². The van der Waals surface area contributed by atoms with E-state index < -0.39 is 15.5 Å². The first-order valence-electron chi connectivity index (χ1n) is 2.81. The maximum atomic E-state index is 11.5. The highest BCUT2D eigenvalue weighted by Crippen LogP contribution is 2.27. The van der Waals surface area contributed by atoms with Gasteiger partial charge in [0.05, 0.1) is 0 Å². The Morgan fingerprint density at radius 3 is 2.09 bits per heavy atom. The van der Waals surface area contributed by atoms with Gasteiger partial charge in [-0.1, -0.05) is 13.3 Å². The Morgan fingerprint density at radius 1 is 1.36 bits per heavy atom. The standard InChI is InChI=1S/C4H7F3NO2S/c1-2-3-8-11(9,10)4(5,6)7/h2-3H2,1H3/q-1. The van der Waals surface area contributed by atoms with Crippen LogP contribution in [0.5, 0.6) is 0 Å². The zero-order valence-corrected chi connectivity index (χ0v) is 6.54. The summed E-state index contributed by atoms with van der Waals surface area (Å²) in [6.07, 6.45) is 0.273. The first-order chi connectivity index (χ1) is 4.81. The summed E-state index contributed by atoms with van der Waals surface area (Å²) in [7, 11) is -5.23. The Morgan fingerprint density at radius 2 is 1.82 bits per heavy atom. The molecule has 0 aliphatic carbocycles. The minimum Gasteiger partial charge on any atom is -0.541 e. The van der Waals surface area contributed by atoms with Crippen LogP contribution in [0.4, 0.5) is 13.2 Å². The minimum atomic E-state index is -5.25. The number of nitrogens with zero attached hydrogens (tertiary/aromatic N) is 1. The fraction of sp³-hybridized carbons (Fsp3) is 1.00. The number of halogens is 3. The second-order valence-electron chi connectivity index (χ2n) is 1.77. The summed E-state index contributed by atoms with van der Waals surface area (Å²) in [5.41, 5.74) is -5.25. The molecule has 0 aromatic rings. The van der Waals surface area contributed by atoms with Gasteiger partial charge in [-0.25, -0.2) is 8.42 Å². The van der Waals surface area contributed by atoms with Crippen molar-refractivity contribution in [2.24, 2.45) is 0 Å². The molecule has 0 amide bonds. The quantitative estimate of drug-likeness (QED) is 0.678. The molecule has 0 aromatic carbocycles. The van der Waals surface area contributed by atoms with Crippen molar-refractivity contribution in [1.29, 1.82) is 0 Å². The lowest BCUT2D eigenvalue weighted by Crippen LogP contribution is -2.22. The zero-order chi connectivity index (χ0) is 9.12. The molecule has 68 valence electrons. The van der Waals surface area contributed by atoms with Crippen molar-refractivity contribution in [1.82, 2.24) is 0 Å². The molecule has 0 radical (unpaired) electrons. The molecule has 0 fully saturated rings. The van der Waals surface area contributed by atoms with E-state index in [0.717, 1.165) is 0 Å². The van der Waals surface area contributed by atoms with E-state index in [1.807, 2.05) is 0 Å². The van der Waals surface area contributed by atoms with E-state index in [9.17, 15) is 21.6 Å². The fourth-order valence-electron chi connectivity index (χ4n) is 0.285. The van der Waals surface area contributed by atoms with Crippen LogP contribution in [0, 0.1) is 0 Å². The molecule has 0 atom stereocenters. The van der Waals surface area contributed by atoms with Gasteiger partial charge in [0.2, 0.25) is 0 Å². The van der Waals surface area contributed by atoms with Crippen LogP contribution in [-0.4, -0.2) is 20.5 Å². The Kier molecular flexibility index (Phi) is 3.30. The number of alkyl halides is 3. The van der Waals surface area contributed by atoms with Gasteiger partial charge in [0.1, 0.15) is 0 Å². The van der Waals surface area contributed by atoms with Crippen LogP contribution in [0.2, 0.25) is 0 Å². The average molecular weight is 190 g/mol. The third kappa shape index (κ3) is 3.06. The van der Waals surface area contributed by atoms with Gasteiger partial charge in [-0.15, -0.1) is 6.54 Å². The van der Waals surface area contributed by atoms with Crippen LogP contribution in [0.25, 0.3) is 4.72 Å². The molecule has 0 saturated heterocycles. The summed E-state index contributed by atoms with van der Waals surface area (Å²) in [6, 6.07) is 0. The Hall–Kier alpha value is -0.300. The smallest absolute Gasteiger partial charge is 0.480 e. The van der Waals surface area contributed by atoms with E-state index in [1.165, 1.54) is 6.92 Å². The van der Waals surface area contributed by atoms with Crippen molar-refractivity contribution in [3.63, 3.8) is 0 Å². The largest absolute Gasteiger partial charge is 0.541 e. The molecule has 0 aliphatic rings. The van der Waals surface area contributed by atoms with Gasteiger partial charge in [-0.2, -0.15) is 13.2 Å². The number of sulfonamides is 1. The van der Waals surface area contributed by atoms with Crippen LogP contribution in [0.15, 0.2) is 0 Å². The molecule has 7 heteroatoms. The Balaban J connectivity index is 4.26. The molecular weight excluding hydrogens is 183 g/mol. The van der Waals surface area contributed by atoms with Crippen molar-refractivity contribution in [2.75, 3.05) is 6.54 Å². The summed E-state index contributed by atoms with van der Waals surface area (Å²) >= 11 is 0. The van der Waals surface area contributed by atoms with E-state index in [-0.39, 0.29) is 13.0 Å².